The molecule has 0 aliphatic carbocycles. The van der Waals surface area contributed by atoms with Crippen molar-refractivity contribution in [2.24, 2.45) is 5.73 Å². The van der Waals surface area contributed by atoms with Crippen molar-refractivity contribution < 1.29 is 9.90 Å². The minimum absolute atomic E-state index is 0.139. The molecule has 2 aliphatic heterocycles. The van der Waals surface area contributed by atoms with E-state index >= 15 is 0 Å². The number of aliphatic hydroxyl groups is 1. The van der Waals surface area contributed by atoms with Crippen molar-refractivity contribution in [3.8, 4) is 0 Å². The highest BCUT2D eigenvalue weighted by Crippen LogP contribution is 2.26. The predicted octanol–water partition coefficient (Wildman–Crippen LogP) is 2.27. The minimum atomic E-state index is -0.603. The van der Waals surface area contributed by atoms with Crippen LogP contribution in [-0.4, -0.2) is 53.3 Å². The molecule has 0 spiro atoms. The number of nitrogens with two attached hydrogens (primary N) is 1. The van der Waals surface area contributed by atoms with Crippen molar-refractivity contribution in [2.45, 2.75) is 38.2 Å². The van der Waals surface area contributed by atoms with Gasteiger partial charge in [-0.3, -0.25) is 4.79 Å². The summed E-state index contributed by atoms with van der Waals surface area (Å²) in [6.07, 6.45) is 6.53. The Labute approximate surface area is 170 Å². The maximum Gasteiger partial charge on any atom is 0.271 e. The second kappa shape index (κ2) is 8.65. The predicted molar refractivity (Wildman–Crippen MR) is 114 cm³/mol. The summed E-state index contributed by atoms with van der Waals surface area (Å²) < 4.78 is 0. The first-order chi connectivity index (χ1) is 14.1. The van der Waals surface area contributed by atoms with Crippen molar-refractivity contribution in [2.75, 3.05) is 41.3 Å². The molecule has 0 atom stereocenters. The molecule has 154 valence electrons. The smallest absolute Gasteiger partial charge is 0.271 e. The fraction of sp³-hybridized carbons (Fsp3) is 0.476. The van der Waals surface area contributed by atoms with Crippen molar-refractivity contribution in [3.63, 3.8) is 0 Å². The molecule has 1 amide bonds. The number of anilines is 4. The second-order valence-electron chi connectivity index (χ2n) is 7.73. The van der Waals surface area contributed by atoms with Gasteiger partial charge in [-0.05, 0) is 56.4 Å². The lowest BCUT2D eigenvalue weighted by molar-refractivity contribution is 0.0996. The van der Waals surface area contributed by atoms with Gasteiger partial charge in [0.25, 0.3) is 5.91 Å². The van der Waals surface area contributed by atoms with Crippen molar-refractivity contribution in [1.82, 2.24) is 9.97 Å². The summed E-state index contributed by atoms with van der Waals surface area (Å²) in [5, 5.41) is 12.9. The fourth-order valence-electron chi connectivity index (χ4n) is 3.94. The summed E-state index contributed by atoms with van der Waals surface area (Å²) in [4.78, 5) is 25.2. The van der Waals surface area contributed by atoms with Gasteiger partial charge in [0.1, 0.15) is 5.82 Å². The maximum absolute atomic E-state index is 11.8. The van der Waals surface area contributed by atoms with Crippen LogP contribution >= 0.6 is 0 Å². The fourth-order valence-corrected chi connectivity index (χ4v) is 3.94. The topological polar surface area (TPSA) is 108 Å². The van der Waals surface area contributed by atoms with Gasteiger partial charge in [0.05, 0.1) is 12.3 Å². The number of primary amides is 1. The molecule has 0 saturated carbocycles. The number of nitrogens with zero attached hydrogens (tertiary/aromatic N) is 4. The molecule has 3 heterocycles. The summed E-state index contributed by atoms with van der Waals surface area (Å²) in [5.74, 6) is 0.545. The standard InChI is InChI=1S/C21H28N6O2/c22-20(29)19-21(25-18(14-23-19)27-10-2-1-3-11-27)24-15-4-6-16(7-5-15)26-12-8-17(28)9-13-26/h4-7,14,17,28H,1-3,8-13H2,(H2,22,29)(H,24,25). The van der Waals surface area contributed by atoms with Gasteiger partial charge in [-0.1, -0.05) is 0 Å². The molecule has 4 N–H and O–H groups in total. The summed E-state index contributed by atoms with van der Waals surface area (Å²) in [6, 6.07) is 7.98. The first-order valence-corrected chi connectivity index (χ1v) is 10.3. The van der Waals surface area contributed by atoms with Crippen LogP contribution in [0.25, 0.3) is 0 Å². The lowest BCUT2D eigenvalue weighted by Gasteiger charge is -2.31. The molecule has 0 radical (unpaired) electrons. The van der Waals surface area contributed by atoms with Crippen molar-refractivity contribution in [3.05, 3.63) is 36.2 Å². The largest absolute Gasteiger partial charge is 0.393 e. The summed E-state index contributed by atoms with van der Waals surface area (Å²) in [5.41, 5.74) is 7.58. The number of carbonyl (C=O) groups excluding carboxylic acids is 1. The Morgan fingerprint density at radius 1 is 1.03 bits per heavy atom. The minimum Gasteiger partial charge on any atom is -0.393 e. The maximum atomic E-state index is 11.8. The molecule has 2 aliphatic rings. The highest BCUT2D eigenvalue weighted by Gasteiger charge is 2.19. The molecule has 1 aromatic carbocycles. The molecule has 1 aromatic heterocycles. The van der Waals surface area contributed by atoms with Crippen LogP contribution in [-0.2, 0) is 0 Å². The number of carbonyl (C=O) groups is 1. The molecule has 0 unspecified atom stereocenters. The second-order valence-corrected chi connectivity index (χ2v) is 7.73. The third-order valence-electron chi connectivity index (χ3n) is 5.63. The zero-order valence-electron chi connectivity index (χ0n) is 16.5. The first-order valence-electron chi connectivity index (χ1n) is 10.3. The Kier molecular flexibility index (Phi) is 5.80. The molecule has 4 rings (SSSR count). The molecular formula is C21H28N6O2. The van der Waals surface area contributed by atoms with E-state index in [1.165, 1.54) is 6.42 Å². The van der Waals surface area contributed by atoms with E-state index in [0.29, 0.717) is 5.82 Å². The molecular weight excluding hydrogens is 368 g/mol. The van der Waals surface area contributed by atoms with Crippen LogP contribution in [0.5, 0.6) is 0 Å². The van der Waals surface area contributed by atoms with Crippen LogP contribution in [0.2, 0.25) is 0 Å². The SMILES string of the molecule is NC(=O)c1ncc(N2CCCCC2)nc1Nc1ccc(N2CCC(O)CC2)cc1. The van der Waals surface area contributed by atoms with Gasteiger partial charge in [0, 0.05) is 37.6 Å². The zero-order valence-corrected chi connectivity index (χ0v) is 16.5. The van der Waals surface area contributed by atoms with E-state index in [4.69, 9.17) is 5.73 Å². The quantitative estimate of drug-likeness (QED) is 0.711. The van der Waals surface area contributed by atoms with E-state index in [1.807, 2.05) is 24.3 Å². The average Bonchev–Trinajstić information content (AvgIpc) is 2.75. The average molecular weight is 396 g/mol. The van der Waals surface area contributed by atoms with E-state index < -0.39 is 5.91 Å². The monoisotopic (exact) mass is 396 g/mol. The number of aliphatic hydroxyl groups excluding tert-OH is 1. The highest BCUT2D eigenvalue weighted by atomic mass is 16.3. The number of benzene rings is 1. The Bertz CT molecular complexity index is 843. The van der Waals surface area contributed by atoms with Gasteiger partial charge in [0.2, 0.25) is 0 Å². The van der Waals surface area contributed by atoms with E-state index in [-0.39, 0.29) is 11.8 Å². The van der Waals surface area contributed by atoms with Gasteiger partial charge < -0.3 is 26.0 Å². The summed E-state index contributed by atoms with van der Waals surface area (Å²) in [6.45, 7) is 3.60. The Morgan fingerprint density at radius 3 is 2.38 bits per heavy atom. The van der Waals surface area contributed by atoms with Crippen LogP contribution in [0, 0.1) is 0 Å². The van der Waals surface area contributed by atoms with Crippen LogP contribution in [0.1, 0.15) is 42.6 Å². The molecule has 0 bridgehead atoms. The summed E-state index contributed by atoms with van der Waals surface area (Å²) in [7, 11) is 0. The lowest BCUT2D eigenvalue weighted by Crippen LogP contribution is -2.35. The van der Waals surface area contributed by atoms with E-state index in [0.717, 1.165) is 69.1 Å². The number of rotatable bonds is 5. The van der Waals surface area contributed by atoms with Crippen LogP contribution < -0.4 is 20.9 Å². The molecule has 2 fully saturated rings. The van der Waals surface area contributed by atoms with Crippen molar-refractivity contribution >= 4 is 28.9 Å². The van der Waals surface area contributed by atoms with Gasteiger partial charge in [-0.2, -0.15) is 0 Å². The molecule has 2 aromatic rings. The Balaban J connectivity index is 1.52. The van der Waals surface area contributed by atoms with Gasteiger partial charge in [-0.25, -0.2) is 9.97 Å². The molecule has 8 heteroatoms. The highest BCUT2D eigenvalue weighted by molar-refractivity contribution is 5.96. The number of piperidine rings is 2. The third-order valence-corrected chi connectivity index (χ3v) is 5.63. The van der Waals surface area contributed by atoms with Crippen LogP contribution in [0.4, 0.5) is 23.0 Å². The number of nitrogens with one attached hydrogen (secondary N) is 1. The molecule has 29 heavy (non-hydrogen) atoms. The number of hydrogen-bond donors (Lipinski definition) is 3. The van der Waals surface area contributed by atoms with Crippen LogP contribution in [0.3, 0.4) is 0 Å². The van der Waals surface area contributed by atoms with Gasteiger partial charge in [-0.15, -0.1) is 0 Å². The number of aromatic nitrogens is 2. The van der Waals surface area contributed by atoms with Gasteiger partial charge >= 0.3 is 0 Å². The third kappa shape index (κ3) is 4.59. The normalized spacial score (nSPS) is 18.0. The Hall–Kier alpha value is -2.87. The van der Waals surface area contributed by atoms with E-state index in [9.17, 15) is 9.90 Å². The Morgan fingerprint density at radius 2 is 1.72 bits per heavy atom. The zero-order chi connectivity index (χ0) is 20.2. The number of hydrogen-bond acceptors (Lipinski definition) is 7. The van der Waals surface area contributed by atoms with E-state index in [1.54, 1.807) is 6.20 Å². The number of amides is 1. The van der Waals surface area contributed by atoms with Crippen molar-refractivity contribution in [1.29, 1.82) is 0 Å². The molecule has 8 nitrogen and oxygen atoms in total. The summed E-state index contributed by atoms with van der Waals surface area (Å²) >= 11 is 0. The van der Waals surface area contributed by atoms with Gasteiger partial charge in [0.15, 0.2) is 11.5 Å². The first kappa shape index (κ1) is 19.4. The lowest BCUT2D eigenvalue weighted by atomic mass is 10.1. The van der Waals surface area contributed by atoms with E-state index in [2.05, 4.69) is 25.1 Å². The molecule has 2 saturated heterocycles. The van der Waals surface area contributed by atoms with Crippen LogP contribution in [0.15, 0.2) is 30.5 Å².